The second-order valence-corrected chi connectivity index (χ2v) is 9.65. The molecule has 2 amide bonds. The van der Waals surface area contributed by atoms with Crippen LogP contribution in [0.1, 0.15) is 77.3 Å². The molecule has 0 unspecified atom stereocenters. The van der Waals surface area contributed by atoms with Gasteiger partial charge in [-0.05, 0) is 68.7 Å². The molecule has 0 saturated heterocycles. The highest BCUT2D eigenvalue weighted by Crippen LogP contribution is 2.13. The average molecular weight is 480 g/mol. The lowest BCUT2D eigenvalue weighted by Crippen LogP contribution is -2.49. The molecule has 6 nitrogen and oxygen atoms in total. The Bertz CT molecular complexity index is 736. The lowest BCUT2D eigenvalue weighted by Gasteiger charge is -2.25. The molecule has 0 aliphatic rings. The van der Waals surface area contributed by atoms with Crippen molar-refractivity contribution in [3.05, 3.63) is 35.1 Å². The monoisotopic (exact) mass is 479 g/mol. The van der Waals surface area contributed by atoms with E-state index in [-0.39, 0.29) is 24.1 Å². The van der Waals surface area contributed by atoms with Crippen LogP contribution in [0.4, 0.5) is 4.39 Å². The lowest BCUT2D eigenvalue weighted by atomic mass is 9.99. The minimum absolute atomic E-state index is 0.0872. The fourth-order valence-electron chi connectivity index (χ4n) is 3.89. The van der Waals surface area contributed by atoms with Crippen LogP contribution in [0.2, 0.25) is 0 Å². The van der Waals surface area contributed by atoms with Gasteiger partial charge in [-0.2, -0.15) is 0 Å². The summed E-state index contributed by atoms with van der Waals surface area (Å²) in [6.07, 6.45) is 3.49. The Morgan fingerprint density at radius 2 is 1.79 bits per heavy atom. The highest BCUT2D eigenvalue weighted by molar-refractivity contribution is 5.79. The van der Waals surface area contributed by atoms with Gasteiger partial charge < -0.3 is 20.6 Å². The summed E-state index contributed by atoms with van der Waals surface area (Å²) < 4.78 is 13.7. The number of benzene rings is 1. The number of hydrogen-bond acceptors (Lipinski definition) is 4. The third-order valence-corrected chi connectivity index (χ3v) is 5.87. The number of rotatable bonds is 17. The smallest absolute Gasteiger partial charge is 0.222 e. The van der Waals surface area contributed by atoms with Gasteiger partial charge in [0.25, 0.3) is 0 Å². The average Bonchev–Trinajstić information content (AvgIpc) is 2.78. The minimum atomic E-state index is -0.785. The number of hydrogen-bond donors (Lipinski definition) is 3. The summed E-state index contributed by atoms with van der Waals surface area (Å²) in [5, 5.41) is 17.0. The Labute approximate surface area is 205 Å². The summed E-state index contributed by atoms with van der Waals surface area (Å²) in [6, 6.07) is 4.36. The second-order valence-electron chi connectivity index (χ2n) is 9.65. The Morgan fingerprint density at radius 1 is 1.12 bits per heavy atom. The van der Waals surface area contributed by atoms with Crippen molar-refractivity contribution in [2.24, 2.45) is 5.92 Å². The van der Waals surface area contributed by atoms with E-state index in [0.29, 0.717) is 37.3 Å². The van der Waals surface area contributed by atoms with E-state index in [0.717, 1.165) is 44.5 Å². The van der Waals surface area contributed by atoms with Crippen LogP contribution in [0, 0.1) is 18.7 Å². The third kappa shape index (κ3) is 11.9. The molecule has 0 heterocycles. The molecule has 194 valence electrons. The number of carbonyl (C=O) groups is 2. The van der Waals surface area contributed by atoms with Crippen molar-refractivity contribution in [2.45, 2.75) is 91.7 Å². The van der Waals surface area contributed by atoms with Gasteiger partial charge in [0.15, 0.2) is 0 Å². The molecule has 3 N–H and O–H groups in total. The van der Waals surface area contributed by atoms with Crippen LogP contribution in [0.25, 0.3) is 0 Å². The number of halogens is 1. The molecular weight excluding hydrogens is 433 g/mol. The molecule has 34 heavy (non-hydrogen) atoms. The molecule has 1 rings (SSSR count). The van der Waals surface area contributed by atoms with Gasteiger partial charge in [-0.15, -0.1) is 0 Å². The zero-order chi connectivity index (χ0) is 25.5. The maximum atomic E-state index is 13.7. The van der Waals surface area contributed by atoms with E-state index < -0.39 is 12.1 Å². The van der Waals surface area contributed by atoms with Gasteiger partial charge in [0.05, 0.1) is 12.1 Å². The number of aliphatic hydroxyl groups excluding tert-OH is 1. The van der Waals surface area contributed by atoms with Crippen molar-refractivity contribution in [2.75, 3.05) is 26.2 Å². The van der Waals surface area contributed by atoms with Crippen molar-refractivity contribution in [1.82, 2.24) is 15.5 Å². The Morgan fingerprint density at radius 3 is 2.38 bits per heavy atom. The topological polar surface area (TPSA) is 81.7 Å². The normalized spacial score (nSPS) is 13.1. The number of amides is 2. The first kappa shape index (κ1) is 30.0. The molecule has 0 radical (unpaired) electrons. The van der Waals surface area contributed by atoms with E-state index in [1.54, 1.807) is 19.1 Å². The van der Waals surface area contributed by atoms with E-state index in [4.69, 9.17) is 0 Å². The van der Waals surface area contributed by atoms with E-state index in [1.807, 2.05) is 4.90 Å². The van der Waals surface area contributed by atoms with Crippen LogP contribution in [-0.2, 0) is 16.0 Å². The zero-order valence-electron chi connectivity index (χ0n) is 21.8. The van der Waals surface area contributed by atoms with E-state index in [1.165, 1.54) is 6.07 Å². The summed E-state index contributed by atoms with van der Waals surface area (Å²) in [7, 11) is 0. The molecule has 0 aliphatic heterocycles. The highest BCUT2D eigenvalue weighted by Gasteiger charge is 2.22. The predicted molar refractivity (Wildman–Crippen MR) is 136 cm³/mol. The second kappa shape index (κ2) is 16.6. The molecule has 1 aromatic rings. The van der Waals surface area contributed by atoms with E-state index in [2.05, 4.69) is 38.3 Å². The van der Waals surface area contributed by atoms with Crippen molar-refractivity contribution < 1.29 is 19.1 Å². The quantitative estimate of drug-likeness (QED) is 0.295. The third-order valence-electron chi connectivity index (χ3n) is 5.87. The maximum Gasteiger partial charge on any atom is 0.222 e. The first-order chi connectivity index (χ1) is 16.2. The number of carbonyl (C=O) groups excluding carboxylic acids is 2. The van der Waals surface area contributed by atoms with Crippen molar-refractivity contribution in [3.8, 4) is 0 Å². The standard InChI is InChI=1S/C27H46FN3O3/c1-6-15-31(16-7-2)27(34)10-8-9-26(33)30-24(25(32)19-29-14-13-20(3)4)18-22-11-12-23(28)21(5)17-22/h11-12,17,20,24-25,29,32H,6-10,13-16,18-19H2,1-5H3,(H,30,33)/t24-,25+/m0/s1. The number of aryl methyl sites for hydroxylation is 1. The molecule has 0 saturated carbocycles. The molecule has 0 fully saturated rings. The van der Waals surface area contributed by atoms with Gasteiger partial charge in [0, 0.05) is 32.5 Å². The van der Waals surface area contributed by atoms with E-state index >= 15 is 0 Å². The SMILES string of the molecule is CCCN(CCC)C(=O)CCCC(=O)N[C@@H](Cc1ccc(F)c(C)c1)[C@H](O)CNCCC(C)C. The van der Waals surface area contributed by atoms with Crippen LogP contribution < -0.4 is 10.6 Å². The van der Waals surface area contributed by atoms with E-state index in [9.17, 15) is 19.1 Å². The number of nitrogens with one attached hydrogen (secondary N) is 2. The molecule has 2 atom stereocenters. The van der Waals surface area contributed by atoms with Crippen LogP contribution in [0.5, 0.6) is 0 Å². The number of nitrogens with zero attached hydrogens (tertiary/aromatic N) is 1. The fourth-order valence-corrected chi connectivity index (χ4v) is 3.89. The van der Waals surface area contributed by atoms with Crippen LogP contribution in [0.3, 0.4) is 0 Å². The van der Waals surface area contributed by atoms with Crippen LogP contribution >= 0.6 is 0 Å². The maximum absolute atomic E-state index is 13.7. The summed E-state index contributed by atoms with van der Waals surface area (Å²) in [4.78, 5) is 27.0. The lowest BCUT2D eigenvalue weighted by molar-refractivity contribution is -0.131. The van der Waals surface area contributed by atoms with Crippen molar-refractivity contribution in [3.63, 3.8) is 0 Å². The summed E-state index contributed by atoms with van der Waals surface area (Å²) in [5.41, 5.74) is 1.39. The van der Waals surface area contributed by atoms with Crippen molar-refractivity contribution >= 4 is 11.8 Å². The molecule has 7 heteroatoms. The van der Waals surface area contributed by atoms with Gasteiger partial charge in [0.1, 0.15) is 5.82 Å². The molecule has 0 aromatic heterocycles. The molecule has 0 spiro atoms. The van der Waals surface area contributed by atoms with Gasteiger partial charge >= 0.3 is 0 Å². The largest absolute Gasteiger partial charge is 0.390 e. The molecule has 0 bridgehead atoms. The fraction of sp³-hybridized carbons (Fsp3) is 0.704. The minimum Gasteiger partial charge on any atom is -0.390 e. The Balaban J connectivity index is 2.68. The van der Waals surface area contributed by atoms with Crippen molar-refractivity contribution in [1.29, 1.82) is 0 Å². The highest BCUT2D eigenvalue weighted by atomic mass is 19.1. The first-order valence-electron chi connectivity index (χ1n) is 12.9. The molecule has 1 aromatic carbocycles. The summed E-state index contributed by atoms with van der Waals surface area (Å²) in [5.74, 6) is 0.195. The molecular formula is C27H46FN3O3. The van der Waals surface area contributed by atoms with Crippen LogP contribution in [-0.4, -0.2) is 60.1 Å². The molecule has 0 aliphatic carbocycles. The zero-order valence-corrected chi connectivity index (χ0v) is 21.8. The van der Waals surface area contributed by atoms with Gasteiger partial charge in [-0.1, -0.05) is 39.8 Å². The predicted octanol–water partition coefficient (Wildman–Crippen LogP) is 3.98. The van der Waals surface area contributed by atoms with Gasteiger partial charge in [-0.3, -0.25) is 9.59 Å². The first-order valence-corrected chi connectivity index (χ1v) is 12.9. The summed E-state index contributed by atoms with van der Waals surface area (Å²) >= 11 is 0. The number of aliphatic hydroxyl groups is 1. The van der Waals surface area contributed by atoms with Crippen LogP contribution in [0.15, 0.2) is 18.2 Å². The summed E-state index contributed by atoms with van der Waals surface area (Å²) in [6.45, 7) is 12.7. The Kier molecular flexibility index (Phi) is 14.7. The Hall–Kier alpha value is -1.99. The van der Waals surface area contributed by atoms with Gasteiger partial charge in [-0.25, -0.2) is 4.39 Å². The van der Waals surface area contributed by atoms with Gasteiger partial charge in [0.2, 0.25) is 11.8 Å².